The average Bonchev–Trinajstić information content (AvgIpc) is 2.95. The number of thioether (sulfide) groups is 1. The Morgan fingerprint density at radius 3 is 2.46 bits per heavy atom. The minimum absolute atomic E-state index is 0.0194. The summed E-state index contributed by atoms with van der Waals surface area (Å²) in [5.41, 5.74) is 2.16. The monoisotopic (exact) mass is 397 g/mol. The molecule has 0 amide bonds. The summed E-state index contributed by atoms with van der Waals surface area (Å²) in [7, 11) is 1.24. The van der Waals surface area contributed by atoms with Gasteiger partial charge in [-0.15, -0.1) is 0 Å². The molecule has 2 aromatic carbocycles. The number of benzene rings is 2. The van der Waals surface area contributed by atoms with Crippen molar-refractivity contribution in [3.05, 3.63) is 69.8 Å². The van der Waals surface area contributed by atoms with Crippen LogP contribution in [0.5, 0.6) is 11.5 Å². The molecule has 144 valence electrons. The van der Waals surface area contributed by atoms with Crippen LogP contribution in [-0.2, 0) is 16.0 Å². The van der Waals surface area contributed by atoms with Crippen LogP contribution in [0, 0.1) is 0 Å². The molecule has 1 aliphatic heterocycles. The van der Waals surface area contributed by atoms with Gasteiger partial charge < -0.3 is 20.1 Å². The number of ether oxygens (including phenoxy) is 1. The van der Waals surface area contributed by atoms with E-state index in [0.29, 0.717) is 21.2 Å². The van der Waals surface area contributed by atoms with Crippen molar-refractivity contribution in [2.75, 3.05) is 7.11 Å². The van der Waals surface area contributed by atoms with E-state index in [-0.39, 0.29) is 22.8 Å². The summed E-state index contributed by atoms with van der Waals surface area (Å²) >= 11 is 1.11. The predicted octanol–water partition coefficient (Wildman–Crippen LogP) is 4.46. The SMILES string of the molecule is CCc1ccccc1N=C1S/C(=C/c2cc(O)cc(O)c2)C(O)=C1C(=O)OC. The highest BCUT2D eigenvalue weighted by Crippen LogP contribution is 2.41. The van der Waals surface area contributed by atoms with E-state index >= 15 is 0 Å². The number of aromatic hydroxyl groups is 2. The van der Waals surface area contributed by atoms with E-state index in [1.54, 1.807) is 6.08 Å². The number of aliphatic imine (C=N–C) groups is 1. The van der Waals surface area contributed by atoms with Crippen LogP contribution in [-0.4, -0.2) is 33.4 Å². The number of carbonyl (C=O) groups excluding carboxylic acids is 1. The number of aliphatic hydroxyl groups excluding tert-OH is 1. The molecule has 0 bridgehead atoms. The van der Waals surface area contributed by atoms with E-state index in [2.05, 4.69) is 4.99 Å². The van der Waals surface area contributed by atoms with Crippen LogP contribution in [0.2, 0.25) is 0 Å². The molecule has 0 atom stereocenters. The van der Waals surface area contributed by atoms with Gasteiger partial charge in [0, 0.05) is 6.07 Å². The van der Waals surface area contributed by atoms with E-state index in [1.165, 1.54) is 25.3 Å². The van der Waals surface area contributed by atoms with E-state index in [1.807, 2.05) is 31.2 Å². The van der Waals surface area contributed by atoms with Crippen molar-refractivity contribution in [3.63, 3.8) is 0 Å². The number of phenols is 2. The maximum atomic E-state index is 12.2. The van der Waals surface area contributed by atoms with Crippen LogP contribution >= 0.6 is 11.8 Å². The number of carbonyl (C=O) groups is 1. The Bertz CT molecular complexity index is 1000. The Balaban J connectivity index is 2.09. The molecule has 28 heavy (non-hydrogen) atoms. The van der Waals surface area contributed by atoms with Gasteiger partial charge in [0.15, 0.2) is 0 Å². The molecule has 0 radical (unpaired) electrons. The van der Waals surface area contributed by atoms with Crippen LogP contribution in [0.3, 0.4) is 0 Å². The van der Waals surface area contributed by atoms with E-state index in [4.69, 9.17) is 4.74 Å². The lowest BCUT2D eigenvalue weighted by atomic mass is 10.1. The van der Waals surface area contributed by atoms with Gasteiger partial charge in [-0.3, -0.25) is 0 Å². The second kappa shape index (κ2) is 8.22. The molecule has 2 aromatic rings. The van der Waals surface area contributed by atoms with Crippen LogP contribution in [0.15, 0.2) is 63.7 Å². The number of methoxy groups -OCH3 is 1. The number of aryl methyl sites for hydroxylation is 1. The normalized spacial score (nSPS) is 16.8. The molecule has 1 aliphatic rings. The molecule has 3 rings (SSSR count). The van der Waals surface area contributed by atoms with Gasteiger partial charge in [-0.1, -0.05) is 36.9 Å². The van der Waals surface area contributed by atoms with Gasteiger partial charge in [0.05, 0.1) is 17.7 Å². The largest absolute Gasteiger partial charge is 0.508 e. The van der Waals surface area contributed by atoms with Crippen molar-refractivity contribution >= 4 is 34.5 Å². The Kier molecular flexibility index (Phi) is 5.75. The van der Waals surface area contributed by atoms with Gasteiger partial charge in [0.1, 0.15) is 27.9 Å². The predicted molar refractivity (Wildman–Crippen MR) is 110 cm³/mol. The summed E-state index contributed by atoms with van der Waals surface area (Å²) in [6, 6.07) is 11.6. The molecule has 6 nitrogen and oxygen atoms in total. The van der Waals surface area contributed by atoms with Crippen LogP contribution in [0.4, 0.5) is 5.69 Å². The van der Waals surface area contributed by atoms with Crippen molar-refractivity contribution in [1.29, 1.82) is 0 Å². The standard InChI is InChI=1S/C21H19NO5S/c1-3-13-6-4-5-7-16(13)22-20-18(21(26)27-2)19(25)17(28-20)10-12-8-14(23)11-15(24)9-12/h4-11,23-25H,3H2,1-2H3/b17-10+,22-20?. The Labute approximate surface area is 166 Å². The summed E-state index contributed by atoms with van der Waals surface area (Å²) in [6.45, 7) is 2.01. The number of phenolic OH excluding ortho intramolecular Hbond substituents is 2. The fraction of sp³-hybridized carbons (Fsp3) is 0.143. The maximum absolute atomic E-state index is 12.2. The summed E-state index contributed by atoms with van der Waals surface area (Å²) in [6.07, 6.45) is 2.32. The van der Waals surface area contributed by atoms with E-state index in [9.17, 15) is 20.1 Å². The molecule has 0 unspecified atom stereocenters. The highest BCUT2D eigenvalue weighted by atomic mass is 32.2. The molecule has 0 aromatic heterocycles. The fourth-order valence-electron chi connectivity index (χ4n) is 2.77. The van der Waals surface area contributed by atoms with E-state index < -0.39 is 5.97 Å². The van der Waals surface area contributed by atoms with Gasteiger partial charge in [-0.2, -0.15) is 0 Å². The van der Waals surface area contributed by atoms with Crippen molar-refractivity contribution < 1.29 is 24.9 Å². The second-order valence-electron chi connectivity index (χ2n) is 6.01. The summed E-state index contributed by atoms with van der Waals surface area (Å²) in [5.74, 6) is -1.18. The summed E-state index contributed by atoms with van der Waals surface area (Å²) < 4.78 is 4.81. The lowest BCUT2D eigenvalue weighted by Crippen LogP contribution is -2.10. The lowest BCUT2D eigenvalue weighted by Gasteiger charge is -2.05. The molecular weight excluding hydrogens is 378 g/mol. The van der Waals surface area contributed by atoms with Crippen molar-refractivity contribution in [2.45, 2.75) is 13.3 Å². The first kappa shape index (κ1) is 19.6. The van der Waals surface area contributed by atoms with Crippen molar-refractivity contribution in [3.8, 4) is 11.5 Å². The molecule has 0 fully saturated rings. The number of rotatable bonds is 4. The molecule has 0 saturated carbocycles. The van der Waals surface area contributed by atoms with Gasteiger partial charge in [0.2, 0.25) is 0 Å². The zero-order valence-electron chi connectivity index (χ0n) is 15.3. The zero-order valence-corrected chi connectivity index (χ0v) is 16.2. The number of hydrogen-bond acceptors (Lipinski definition) is 7. The Hall–Kier alpha value is -3.19. The second-order valence-corrected chi connectivity index (χ2v) is 7.04. The van der Waals surface area contributed by atoms with Crippen molar-refractivity contribution in [2.24, 2.45) is 4.99 Å². The third-order valence-corrected chi connectivity index (χ3v) is 5.12. The van der Waals surface area contributed by atoms with Gasteiger partial charge in [-0.25, -0.2) is 9.79 Å². The van der Waals surface area contributed by atoms with Crippen LogP contribution in [0.25, 0.3) is 6.08 Å². The average molecular weight is 397 g/mol. The maximum Gasteiger partial charge on any atom is 0.344 e. The number of aliphatic hydroxyl groups is 1. The molecule has 3 N–H and O–H groups in total. The summed E-state index contributed by atoms with van der Waals surface area (Å²) in [4.78, 5) is 17.2. The first-order valence-corrected chi connectivity index (χ1v) is 9.36. The molecule has 7 heteroatoms. The third kappa shape index (κ3) is 4.04. The third-order valence-electron chi connectivity index (χ3n) is 4.10. The highest BCUT2D eigenvalue weighted by Gasteiger charge is 2.33. The molecule has 0 saturated heterocycles. The number of nitrogens with zero attached hydrogens (tertiary/aromatic N) is 1. The quantitative estimate of drug-likeness (QED) is 0.659. The molecular formula is C21H19NO5S. The Morgan fingerprint density at radius 1 is 1.14 bits per heavy atom. The van der Waals surface area contributed by atoms with Crippen LogP contribution in [0.1, 0.15) is 18.1 Å². The smallest absolute Gasteiger partial charge is 0.344 e. The number of hydrogen-bond donors (Lipinski definition) is 3. The van der Waals surface area contributed by atoms with Crippen molar-refractivity contribution in [1.82, 2.24) is 0 Å². The number of esters is 1. The Morgan fingerprint density at radius 2 is 1.82 bits per heavy atom. The molecule has 0 spiro atoms. The summed E-state index contributed by atoms with van der Waals surface area (Å²) in [5, 5.41) is 30.2. The fourth-order valence-corrected chi connectivity index (χ4v) is 3.80. The van der Waals surface area contributed by atoms with Gasteiger partial charge >= 0.3 is 5.97 Å². The minimum atomic E-state index is -0.695. The molecule has 1 heterocycles. The minimum Gasteiger partial charge on any atom is -0.508 e. The van der Waals surface area contributed by atoms with E-state index in [0.717, 1.165) is 23.7 Å². The zero-order chi connectivity index (χ0) is 20.3. The first-order chi connectivity index (χ1) is 13.4. The molecule has 0 aliphatic carbocycles. The van der Waals surface area contributed by atoms with Gasteiger partial charge in [-0.05, 0) is 41.8 Å². The lowest BCUT2D eigenvalue weighted by molar-refractivity contribution is -0.135. The highest BCUT2D eigenvalue weighted by molar-refractivity contribution is 8.18. The first-order valence-electron chi connectivity index (χ1n) is 8.54. The number of para-hydroxylation sites is 1. The van der Waals surface area contributed by atoms with Gasteiger partial charge in [0.25, 0.3) is 0 Å². The topological polar surface area (TPSA) is 99.4 Å². The van der Waals surface area contributed by atoms with Crippen LogP contribution < -0.4 is 0 Å².